The van der Waals surface area contributed by atoms with Crippen molar-refractivity contribution in [1.82, 2.24) is 10.3 Å². The van der Waals surface area contributed by atoms with Crippen molar-refractivity contribution >= 4 is 5.91 Å². The van der Waals surface area contributed by atoms with Gasteiger partial charge in [-0.05, 0) is 42.9 Å². The minimum Gasteiger partial charge on any atom is -0.396 e. The van der Waals surface area contributed by atoms with Crippen molar-refractivity contribution in [2.24, 2.45) is 0 Å². The summed E-state index contributed by atoms with van der Waals surface area (Å²) in [5.41, 5.74) is 3.26. The first-order valence-corrected chi connectivity index (χ1v) is 8.70. The molecule has 0 saturated heterocycles. The van der Waals surface area contributed by atoms with Crippen molar-refractivity contribution in [3.8, 4) is 11.1 Å². The number of pyridine rings is 1. The molecule has 1 atom stereocenters. The molecule has 1 aliphatic carbocycles. The van der Waals surface area contributed by atoms with E-state index in [1.54, 1.807) is 6.20 Å². The van der Waals surface area contributed by atoms with Gasteiger partial charge in [0.05, 0.1) is 5.69 Å². The summed E-state index contributed by atoms with van der Waals surface area (Å²) in [6, 6.07) is 12.1. The zero-order valence-corrected chi connectivity index (χ0v) is 14.1. The number of aliphatic hydroxyl groups is 1. The number of nitrogens with zero attached hydrogens (tertiary/aromatic N) is 1. The lowest BCUT2D eigenvalue weighted by molar-refractivity contribution is -0.125. The van der Waals surface area contributed by atoms with Crippen LogP contribution in [-0.4, -0.2) is 29.1 Å². The number of carbonyl (C=O) groups is 1. The number of amides is 1. The summed E-state index contributed by atoms with van der Waals surface area (Å²) in [4.78, 5) is 17.8. The number of aromatic nitrogens is 1. The van der Waals surface area contributed by atoms with Gasteiger partial charge in [-0.2, -0.15) is 0 Å². The van der Waals surface area contributed by atoms with Crippen LogP contribution in [0.3, 0.4) is 0 Å². The van der Waals surface area contributed by atoms with E-state index in [1.165, 1.54) is 0 Å². The maximum absolute atomic E-state index is 13.2. The Morgan fingerprint density at radius 3 is 2.75 bits per heavy atom. The Morgan fingerprint density at radius 2 is 1.96 bits per heavy atom. The van der Waals surface area contributed by atoms with E-state index in [4.69, 9.17) is 0 Å². The SMILES string of the molecule is CCCNC(=O)C1(CCCCO)c2ccccc2-c2cccnc21. The number of hydrogen-bond acceptors (Lipinski definition) is 3. The van der Waals surface area contributed by atoms with Crippen molar-refractivity contribution in [1.29, 1.82) is 0 Å². The Balaban J connectivity index is 2.14. The van der Waals surface area contributed by atoms with Crippen LogP contribution in [0.1, 0.15) is 43.9 Å². The molecule has 0 spiro atoms. The molecule has 4 heteroatoms. The number of unbranched alkanes of at least 4 members (excludes halogenated alkanes) is 1. The van der Waals surface area contributed by atoms with Gasteiger partial charge in [0.15, 0.2) is 0 Å². The van der Waals surface area contributed by atoms with Gasteiger partial charge in [-0.25, -0.2) is 0 Å². The standard InChI is InChI=1S/C20H24N2O2/c1-2-12-22-19(24)20(11-5-6-14-23)17-10-4-3-8-15(17)16-9-7-13-21-18(16)20/h3-4,7-10,13,23H,2,5-6,11-12,14H2,1H3,(H,22,24). The van der Waals surface area contributed by atoms with E-state index in [2.05, 4.69) is 16.4 Å². The second-order valence-electron chi connectivity index (χ2n) is 6.29. The Morgan fingerprint density at radius 1 is 1.17 bits per heavy atom. The van der Waals surface area contributed by atoms with Crippen LogP contribution in [0.4, 0.5) is 0 Å². The summed E-state index contributed by atoms with van der Waals surface area (Å²) in [5.74, 6) is 0.0205. The zero-order valence-electron chi connectivity index (χ0n) is 14.1. The smallest absolute Gasteiger partial charge is 0.236 e. The van der Waals surface area contributed by atoms with E-state index >= 15 is 0 Å². The molecule has 1 aromatic heterocycles. The van der Waals surface area contributed by atoms with Crippen molar-refractivity contribution in [2.75, 3.05) is 13.2 Å². The van der Waals surface area contributed by atoms with Crippen molar-refractivity contribution in [3.05, 3.63) is 53.9 Å². The molecule has 0 radical (unpaired) electrons. The highest BCUT2D eigenvalue weighted by Crippen LogP contribution is 2.50. The lowest BCUT2D eigenvalue weighted by Crippen LogP contribution is -2.45. The maximum atomic E-state index is 13.2. The lowest BCUT2D eigenvalue weighted by atomic mass is 9.75. The molecule has 126 valence electrons. The van der Waals surface area contributed by atoms with Crippen LogP contribution in [0.5, 0.6) is 0 Å². The van der Waals surface area contributed by atoms with E-state index in [1.807, 2.05) is 37.3 Å². The van der Waals surface area contributed by atoms with Crippen LogP contribution >= 0.6 is 0 Å². The first-order chi connectivity index (χ1) is 11.8. The Bertz CT molecular complexity index is 682. The topological polar surface area (TPSA) is 62.2 Å². The number of rotatable bonds is 7. The number of aliphatic hydroxyl groups excluding tert-OH is 1. The number of benzene rings is 1. The van der Waals surface area contributed by atoms with Crippen LogP contribution in [0.25, 0.3) is 11.1 Å². The second kappa shape index (κ2) is 7.14. The van der Waals surface area contributed by atoms with E-state index in [-0.39, 0.29) is 12.5 Å². The van der Waals surface area contributed by atoms with Gasteiger partial charge in [0.25, 0.3) is 0 Å². The largest absolute Gasteiger partial charge is 0.396 e. The molecule has 1 unspecified atom stereocenters. The first-order valence-electron chi connectivity index (χ1n) is 8.70. The molecule has 1 amide bonds. The molecule has 0 fully saturated rings. The number of fused-ring (bicyclic) bond motifs is 3. The fourth-order valence-corrected chi connectivity index (χ4v) is 3.67. The summed E-state index contributed by atoms with van der Waals surface area (Å²) in [5, 5.41) is 12.3. The number of nitrogens with one attached hydrogen (secondary N) is 1. The molecule has 0 bridgehead atoms. The van der Waals surface area contributed by atoms with Gasteiger partial charge in [-0.3, -0.25) is 9.78 Å². The number of hydrogen-bond donors (Lipinski definition) is 2. The van der Waals surface area contributed by atoms with Crippen molar-refractivity contribution in [3.63, 3.8) is 0 Å². The molecule has 3 rings (SSSR count). The summed E-state index contributed by atoms with van der Waals surface area (Å²) in [6.07, 6.45) is 4.78. The van der Waals surface area contributed by atoms with Crippen molar-refractivity contribution in [2.45, 2.75) is 38.0 Å². The maximum Gasteiger partial charge on any atom is 0.236 e. The summed E-state index contributed by atoms with van der Waals surface area (Å²) < 4.78 is 0. The van der Waals surface area contributed by atoms with E-state index < -0.39 is 5.41 Å². The quantitative estimate of drug-likeness (QED) is 0.770. The Labute approximate surface area is 142 Å². The highest BCUT2D eigenvalue weighted by molar-refractivity contribution is 5.99. The summed E-state index contributed by atoms with van der Waals surface area (Å²) in [7, 11) is 0. The van der Waals surface area contributed by atoms with Crippen LogP contribution in [0.15, 0.2) is 42.6 Å². The third-order valence-corrected chi connectivity index (χ3v) is 4.77. The molecule has 2 aromatic rings. The zero-order chi connectivity index (χ0) is 17.0. The summed E-state index contributed by atoms with van der Waals surface area (Å²) >= 11 is 0. The van der Waals surface area contributed by atoms with Crippen LogP contribution in [-0.2, 0) is 10.2 Å². The molecule has 1 aromatic carbocycles. The third kappa shape index (κ3) is 2.61. The van der Waals surface area contributed by atoms with E-state index in [0.29, 0.717) is 19.4 Å². The van der Waals surface area contributed by atoms with Gasteiger partial charge in [0.2, 0.25) is 5.91 Å². The third-order valence-electron chi connectivity index (χ3n) is 4.77. The average molecular weight is 324 g/mol. The normalized spacial score (nSPS) is 18.1. The minimum atomic E-state index is -0.752. The molecular weight excluding hydrogens is 300 g/mol. The average Bonchev–Trinajstić information content (AvgIpc) is 2.92. The fraction of sp³-hybridized carbons (Fsp3) is 0.400. The van der Waals surface area contributed by atoms with Gasteiger partial charge in [-0.1, -0.05) is 37.3 Å². The van der Waals surface area contributed by atoms with E-state index in [0.717, 1.165) is 35.2 Å². The molecular formula is C20H24N2O2. The molecule has 24 heavy (non-hydrogen) atoms. The Hall–Kier alpha value is -2.20. The predicted molar refractivity (Wildman–Crippen MR) is 94.7 cm³/mol. The van der Waals surface area contributed by atoms with Gasteiger partial charge >= 0.3 is 0 Å². The Kier molecular flexibility index (Phi) is 4.95. The number of carbonyl (C=O) groups excluding carboxylic acids is 1. The lowest BCUT2D eigenvalue weighted by Gasteiger charge is -2.29. The molecule has 2 N–H and O–H groups in total. The predicted octanol–water partition coefficient (Wildman–Crippen LogP) is 3.04. The second-order valence-corrected chi connectivity index (χ2v) is 6.29. The van der Waals surface area contributed by atoms with Crippen molar-refractivity contribution < 1.29 is 9.90 Å². The van der Waals surface area contributed by atoms with Crippen LogP contribution in [0, 0.1) is 0 Å². The summed E-state index contributed by atoms with van der Waals surface area (Å²) in [6.45, 7) is 2.85. The van der Waals surface area contributed by atoms with E-state index in [9.17, 15) is 9.90 Å². The first kappa shape index (κ1) is 16.7. The minimum absolute atomic E-state index is 0.0205. The molecule has 1 heterocycles. The molecule has 0 aliphatic heterocycles. The fourth-order valence-electron chi connectivity index (χ4n) is 3.67. The van der Waals surface area contributed by atoms with Gasteiger partial charge in [0, 0.05) is 24.9 Å². The van der Waals surface area contributed by atoms with Gasteiger partial charge in [0.1, 0.15) is 5.41 Å². The van der Waals surface area contributed by atoms with Gasteiger partial charge < -0.3 is 10.4 Å². The van der Waals surface area contributed by atoms with Gasteiger partial charge in [-0.15, -0.1) is 0 Å². The molecule has 0 saturated carbocycles. The van der Waals surface area contributed by atoms with Crippen LogP contribution < -0.4 is 5.32 Å². The molecule has 4 nitrogen and oxygen atoms in total. The van der Waals surface area contributed by atoms with Crippen LogP contribution in [0.2, 0.25) is 0 Å². The molecule has 1 aliphatic rings. The highest BCUT2D eigenvalue weighted by Gasteiger charge is 2.49. The highest BCUT2D eigenvalue weighted by atomic mass is 16.2. The monoisotopic (exact) mass is 324 g/mol.